The minimum atomic E-state index is 0.246. The molecule has 1 nitrogen and oxygen atoms in total. The fourth-order valence-corrected chi connectivity index (χ4v) is 1.26. The summed E-state index contributed by atoms with van der Waals surface area (Å²) in [5, 5.41) is 0. The number of hydrogen-bond acceptors (Lipinski definition) is 1. The van der Waals surface area contributed by atoms with Crippen molar-refractivity contribution >= 4 is 15.9 Å². The molecule has 1 aromatic rings. The van der Waals surface area contributed by atoms with Gasteiger partial charge in [-0.25, -0.2) is 0 Å². The van der Waals surface area contributed by atoms with Gasteiger partial charge >= 0.3 is 0 Å². The Hall–Kier alpha value is -0.340. The molecule has 0 saturated heterocycles. The molecule has 1 aromatic carbocycles. The van der Waals surface area contributed by atoms with Crippen molar-refractivity contribution in [2.24, 2.45) is 5.73 Å². The quantitative estimate of drug-likeness (QED) is 0.803. The topological polar surface area (TPSA) is 26.0 Å². The number of hydrogen-bond donors (Lipinski definition) is 1. The molecule has 0 radical (unpaired) electrons. The summed E-state index contributed by atoms with van der Waals surface area (Å²) in [6.45, 7) is 2.02. The molecule has 11 heavy (non-hydrogen) atoms. The zero-order valence-corrected chi connectivity index (χ0v) is 8.14. The van der Waals surface area contributed by atoms with Gasteiger partial charge in [0.15, 0.2) is 0 Å². The van der Waals surface area contributed by atoms with E-state index in [4.69, 9.17) is 5.73 Å². The van der Waals surface area contributed by atoms with Gasteiger partial charge in [-0.15, -0.1) is 0 Å². The third kappa shape index (κ3) is 3.04. The molecule has 0 bridgehead atoms. The normalized spacial score (nSPS) is 13.0. The summed E-state index contributed by atoms with van der Waals surface area (Å²) in [6.07, 6.45) is 0.952. The van der Waals surface area contributed by atoms with Crippen LogP contribution in [-0.4, -0.2) is 6.04 Å². The predicted octanol–water partition coefficient (Wildman–Crippen LogP) is 2.34. The molecule has 1 rings (SSSR count). The first-order chi connectivity index (χ1) is 5.18. The molecule has 0 saturated carbocycles. The Balaban J connectivity index is 2.66. The molecule has 0 heterocycles. The molecule has 0 aliphatic heterocycles. The van der Waals surface area contributed by atoms with Gasteiger partial charge in [-0.05, 0) is 31.0 Å². The first-order valence-electron chi connectivity index (χ1n) is 3.68. The summed E-state index contributed by atoms with van der Waals surface area (Å²) >= 11 is 3.38. The van der Waals surface area contributed by atoms with Crippen LogP contribution < -0.4 is 5.73 Å². The van der Waals surface area contributed by atoms with Gasteiger partial charge in [0.05, 0.1) is 0 Å². The van der Waals surface area contributed by atoms with Gasteiger partial charge in [0.25, 0.3) is 0 Å². The van der Waals surface area contributed by atoms with E-state index >= 15 is 0 Å². The molecule has 1 atom stereocenters. The Bertz CT molecular complexity index is 216. The third-order valence-electron chi connectivity index (χ3n) is 1.47. The molecule has 0 unspecified atom stereocenters. The van der Waals surface area contributed by atoms with Gasteiger partial charge < -0.3 is 5.73 Å². The first-order valence-corrected chi connectivity index (χ1v) is 4.48. The van der Waals surface area contributed by atoms with Crippen LogP contribution in [0.1, 0.15) is 12.5 Å². The van der Waals surface area contributed by atoms with Crippen molar-refractivity contribution in [2.45, 2.75) is 19.4 Å². The summed E-state index contributed by atoms with van der Waals surface area (Å²) in [6, 6.07) is 8.51. The Labute approximate surface area is 75.7 Å². The average Bonchev–Trinajstić information content (AvgIpc) is 1.93. The fraction of sp³-hybridized carbons (Fsp3) is 0.333. The van der Waals surface area contributed by atoms with Crippen molar-refractivity contribution in [3.63, 3.8) is 0 Å². The van der Waals surface area contributed by atoms with E-state index < -0.39 is 0 Å². The molecule has 0 amide bonds. The maximum atomic E-state index is 5.65. The van der Waals surface area contributed by atoms with Crippen molar-refractivity contribution in [3.05, 3.63) is 34.3 Å². The van der Waals surface area contributed by atoms with Crippen molar-refractivity contribution in [3.8, 4) is 0 Å². The summed E-state index contributed by atoms with van der Waals surface area (Å²) in [7, 11) is 0. The second kappa shape index (κ2) is 3.88. The van der Waals surface area contributed by atoms with Crippen LogP contribution in [0.2, 0.25) is 0 Å². The lowest BCUT2D eigenvalue weighted by atomic mass is 10.1. The van der Waals surface area contributed by atoms with Crippen LogP contribution in [0, 0.1) is 0 Å². The predicted molar refractivity (Wildman–Crippen MR) is 51.5 cm³/mol. The van der Waals surface area contributed by atoms with Crippen molar-refractivity contribution in [2.75, 3.05) is 0 Å². The highest BCUT2D eigenvalue weighted by Gasteiger charge is 1.96. The zero-order valence-electron chi connectivity index (χ0n) is 6.55. The smallest absolute Gasteiger partial charge is 0.0175 e. The molecule has 0 aliphatic rings. The van der Waals surface area contributed by atoms with E-state index in [1.54, 1.807) is 0 Å². The molecule has 2 N–H and O–H groups in total. The van der Waals surface area contributed by atoms with Gasteiger partial charge in [0.2, 0.25) is 0 Å². The standard InChI is InChI=1S/C9H12BrN/c1-7(11)6-8-2-4-9(10)5-3-8/h2-5,7H,6,11H2,1H3/t7-/m1/s1. The average molecular weight is 214 g/mol. The van der Waals surface area contributed by atoms with E-state index in [9.17, 15) is 0 Å². The van der Waals surface area contributed by atoms with Crippen LogP contribution in [0.3, 0.4) is 0 Å². The highest BCUT2D eigenvalue weighted by molar-refractivity contribution is 9.10. The van der Waals surface area contributed by atoms with E-state index in [1.807, 2.05) is 19.1 Å². The Morgan fingerprint density at radius 3 is 2.36 bits per heavy atom. The Kier molecular flexibility index (Phi) is 3.09. The van der Waals surface area contributed by atoms with Crippen molar-refractivity contribution < 1.29 is 0 Å². The highest BCUT2D eigenvalue weighted by Crippen LogP contribution is 2.11. The third-order valence-corrected chi connectivity index (χ3v) is 2.00. The monoisotopic (exact) mass is 213 g/mol. The summed E-state index contributed by atoms with van der Waals surface area (Å²) in [5.74, 6) is 0. The fourth-order valence-electron chi connectivity index (χ4n) is 0.992. The highest BCUT2D eigenvalue weighted by atomic mass is 79.9. The van der Waals surface area contributed by atoms with Crippen LogP contribution in [-0.2, 0) is 6.42 Å². The van der Waals surface area contributed by atoms with Gasteiger partial charge in [0, 0.05) is 10.5 Å². The molecular formula is C9H12BrN. The summed E-state index contributed by atoms with van der Waals surface area (Å²) in [4.78, 5) is 0. The van der Waals surface area contributed by atoms with Crippen LogP contribution in [0.15, 0.2) is 28.7 Å². The molecule has 0 fully saturated rings. The van der Waals surface area contributed by atoms with Crippen LogP contribution in [0.5, 0.6) is 0 Å². The molecule has 60 valence electrons. The lowest BCUT2D eigenvalue weighted by molar-refractivity contribution is 0.738. The molecule has 2 heteroatoms. The van der Waals surface area contributed by atoms with Crippen molar-refractivity contribution in [1.29, 1.82) is 0 Å². The molecular weight excluding hydrogens is 202 g/mol. The lowest BCUT2D eigenvalue weighted by Crippen LogP contribution is -2.17. The molecule has 0 spiro atoms. The second-order valence-electron chi connectivity index (χ2n) is 2.81. The first kappa shape index (κ1) is 8.75. The minimum absolute atomic E-state index is 0.246. The van der Waals surface area contributed by atoms with Crippen molar-refractivity contribution in [1.82, 2.24) is 0 Å². The number of halogens is 1. The Morgan fingerprint density at radius 2 is 1.91 bits per heavy atom. The maximum Gasteiger partial charge on any atom is 0.0175 e. The van der Waals surface area contributed by atoms with E-state index in [-0.39, 0.29) is 6.04 Å². The molecule has 0 aromatic heterocycles. The number of rotatable bonds is 2. The van der Waals surface area contributed by atoms with E-state index in [0.29, 0.717) is 0 Å². The number of nitrogens with two attached hydrogens (primary N) is 1. The number of benzene rings is 1. The van der Waals surface area contributed by atoms with Gasteiger partial charge in [-0.3, -0.25) is 0 Å². The van der Waals surface area contributed by atoms with Crippen LogP contribution >= 0.6 is 15.9 Å². The van der Waals surface area contributed by atoms with Gasteiger partial charge in [-0.1, -0.05) is 28.1 Å². The largest absolute Gasteiger partial charge is 0.328 e. The van der Waals surface area contributed by atoms with Gasteiger partial charge in [-0.2, -0.15) is 0 Å². The maximum absolute atomic E-state index is 5.65. The van der Waals surface area contributed by atoms with E-state index in [2.05, 4.69) is 28.1 Å². The summed E-state index contributed by atoms with van der Waals surface area (Å²) < 4.78 is 1.12. The zero-order chi connectivity index (χ0) is 8.27. The van der Waals surface area contributed by atoms with Gasteiger partial charge in [0.1, 0.15) is 0 Å². The minimum Gasteiger partial charge on any atom is -0.328 e. The summed E-state index contributed by atoms with van der Waals surface area (Å²) in [5.41, 5.74) is 6.95. The SMILES string of the molecule is C[C@@H](N)Cc1ccc(Br)cc1. The molecule has 0 aliphatic carbocycles. The van der Waals surface area contributed by atoms with E-state index in [1.165, 1.54) is 5.56 Å². The second-order valence-corrected chi connectivity index (χ2v) is 3.72. The van der Waals surface area contributed by atoms with Crippen LogP contribution in [0.25, 0.3) is 0 Å². The van der Waals surface area contributed by atoms with Crippen LogP contribution in [0.4, 0.5) is 0 Å². The van der Waals surface area contributed by atoms with E-state index in [0.717, 1.165) is 10.9 Å². The lowest BCUT2D eigenvalue weighted by Gasteiger charge is -2.03. The Morgan fingerprint density at radius 1 is 1.36 bits per heavy atom.